The largest absolute Gasteiger partial charge is 0.480 e. The van der Waals surface area contributed by atoms with Crippen LogP contribution in [0.25, 0.3) is 0 Å². The molecule has 0 fully saturated rings. The van der Waals surface area contributed by atoms with Crippen LogP contribution in [0.3, 0.4) is 0 Å². The van der Waals surface area contributed by atoms with Crippen molar-refractivity contribution in [2.45, 2.75) is 52.6 Å². The highest BCUT2D eigenvalue weighted by Crippen LogP contribution is 2.09. The second kappa shape index (κ2) is 7.97. The fraction of sp³-hybridized carbons (Fsp3) is 0.643. The summed E-state index contributed by atoms with van der Waals surface area (Å²) in [5, 5.41) is 13.5. The van der Waals surface area contributed by atoms with Crippen LogP contribution in [0, 0.1) is 12.8 Å². The third-order valence-electron chi connectivity index (χ3n) is 3.56. The third kappa shape index (κ3) is 5.00. The number of thiazole rings is 1. The maximum atomic E-state index is 11.8. The molecule has 0 bridgehead atoms. The van der Waals surface area contributed by atoms with Gasteiger partial charge in [0, 0.05) is 24.0 Å². The molecule has 2 atom stereocenters. The van der Waals surface area contributed by atoms with Crippen molar-refractivity contribution in [2.24, 2.45) is 5.92 Å². The van der Waals surface area contributed by atoms with E-state index in [1.807, 2.05) is 13.8 Å². The first-order chi connectivity index (χ1) is 9.86. The molecule has 1 rings (SSSR count). The summed E-state index contributed by atoms with van der Waals surface area (Å²) in [5.41, 5.74) is 0.883. The van der Waals surface area contributed by atoms with Gasteiger partial charge in [0.05, 0.1) is 0 Å². The lowest BCUT2D eigenvalue weighted by molar-refractivity contribution is -0.143. The van der Waals surface area contributed by atoms with Gasteiger partial charge in [-0.3, -0.25) is 9.59 Å². The van der Waals surface area contributed by atoms with E-state index in [0.29, 0.717) is 19.4 Å². The van der Waals surface area contributed by atoms with Gasteiger partial charge in [0.15, 0.2) is 0 Å². The van der Waals surface area contributed by atoms with Gasteiger partial charge in [0.25, 0.3) is 0 Å². The number of aromatic nitrogens is 1. The minimum atomic E-state index is -1.01. The number of hydrogen-bond acceptors (Lipinski definition) is 4. The lowest BCUT2D eigenvalue weighted by Gasteiger charge is -2.20. The van der Waals surface area contributed by atoms with Gasteiger partial charge in [-0.15, -0.1) is 0 Å². The number of amides is 1. The number of carboxylic acids is 1. The topological polar surface area (TPSA) is 88.4 Å². The molecule has 1 aromatic heterocycles. The van der Waals surface area contributed by atoms with E-state index in [1.54, 1.807) is 16.9 Å². The Bertz CT molecular complexity index is 549. The molecule has 2 N–H and O–H groups in total. The lowest BCUT2D eigenvalue weighted by atomic mass is 9.99. The van der Waals surface area contributed by atoms with Crippen LogP contribution in [0.1, 0.15) is 38.8 Å². The molecule has 6 nitrogen and oxygen atoms in total. The highest BCUT2D eigenvalue weighted by atomic mass is 32.1. The Balaban J connectivity index is 2.47. The van der Waals surface area contributed by atoms with Crippen LogP contribution in [0.2, 0.25) is 0 Å². The van der Waals surface area contributed by atoms with E-state index in [9.17, 15) is 14.4 Å². The molecule has 0 spiro atoms. The monoisotopic (exact) mass is 314 g/mol. The van der Waals surface area contributed by atoms with Crippen molar-refractivity contribution < 1.29 is 14.7 Å². The van der Waals surface area contributed by atoms with Crippen LogP contribution >= 0.6 is 11.3 Å². The fourth-order valence-electron chi connectivity index (χ4n) is 2.00. The Kier molecular flexibility index (Phi) is 6.61. The number of aliphatic carboxylic acids is 1. The van der Waals surface area contributed by atoms with E-state index >= 15 is 0 Å². The van der Waals surface area contributed by atoms with Crippen molar-refractivity contribution in [1.29, 1.82) is 0 Å². The molecule has 0 saturated heterocycles. The van der Waals surface area contributed by atoms with Crippen LogP contribution in [0.15, 0.2) is 10.2 Å². The Morgan fingerprint density at radius 3 is 2.62 bits per heavy atom. The predicted octanol–water partition coefficient (Wildman–Crippen LogP) is 1.61. The van der Waals surface area contributed by atoms with Gasteiger partial charge >= 0.3 is 10.8 Å². The van der Waals surface area contributed by atoms with Gasteiger partial charge < -0.3 is 15.0 Å². The molecule has 0 aromatic carbocycles. The van der Waals surface area contributed by atoms with Gasteiger partial charge in [-0.2, -0.15) is 0 Å². The van der Waals surface area contributed by atoms with Crippen molar-refractivity contribution in [2.75, 3.05) is 0 Å². The van der Waals surface area contributed by atoms with Crippen molar-refractivity contribution in [1.82, 2.24) is 9.88 Å². The minimum absolute atomic E-state index is 0.0316. The molecule has 2 unspecified atom stereocenters. The summed E-state index contributed by atoms with van der Waals surface area (Å²) in [6.07, 6.45) is 1.40. The normalized spacial score (nSPS) is 13.7. The van der Waals surface area contributed by atoms with Gasteiger partial charge in [-0.05, 0) is 19.3 Å². The van der Waals surface area contributed by atoms with E-state index in [-0.39, 0.29) is 23.1 Å². The standard InChI is InChI=1S/C14H22N2O4S/c1-4-9(2)12(13(18)19)15-11(17)6-5-7-16-10(3)8-21-14(16)20/h8-9,12H,4-7H2,1-3H3,(H,15,17)(H,18,19). The number of nitrogens with one attached hydrogen (secondary N) is 1. The third-order valence-corrected chi connectivity index (χ3v) is 4.44. The molecule has 7 heteroatoms. The summed E-state index contributed by atoms with van der Waals surface area (Å²) in [6, 6.07) is -0.854. The second-order valence-corrected chi connectivity index (χ2v) is 5.99. The second-order valence-electron chi connectivity index (χ2n) is 5.17. The Morgan fingerprint density at radius 1 is 1.48 bits per heavy atom. The number of carbonyl (C=O) groups excluding carboxylic acids is 1. The number of aryl methyl sites for hydroxylation is 1. The maximum Gasteiger partial charge on any atom is 0.326 e. The lowest BCUT2D eigenvalue weighted by Crippen LogP contribution is -2.45. The zero-order chi connectivity index (χ0) is 16.0. The van der Waals surface area contributed by atoms with Crippen molar-refractivity contribution in [3.05, 3.63) is 20.7 Å². The van der Waals surface area contributed by atoms with Gasteiger partial charge in [-0.25, -0.2) is 4.79 Å². The summed E-state index contributed by atoms with van der Waals surface area (Å²) in [7, 11) is 0. The molecule has 21 heavy (non-hydrogen) atoms. The predicted molar refractivity (Wildman–Crippen MR) is 81.6 cm³/mol. The minimum Gasteiger partial charge on any atom is -0.480 e. The number of hydrogen-bond donors (Lipinski definition) is 2. The van der Waals surface area contributed by atoms with Gasteiger partial charge in [0.2, 0.25) is 5.91 Å². The van der Waals surface area contributed by atoms with Crippen LogP contribution in [0.4, 0.5) is 0 Å². The molecule has 1 aromatic rings. The molecule has 118 valence electrons. The van der Waals surface area contributed by atoms with Crippen molar-refractivity contribution in [3.8, 4) is 0 Å². The first kappa shape index (κ1) is 17.4. The van der Waals surface area contributed by atoms with Crippen molar-refractivity contribution >= 4 is 23.2 Å². The Hall–Kier alpha value is -1.63. The zero-order valence-corrected chi connectivity index (χ0v) is 13.4. The number of rotatable bonds is 8. The molecular formula is C14H22N2O4S. The molecule has 0 aliphatic rings. The van der Waals surface area contributed by atoms with Crippen LogP contribution < -0.4 is 10.2 Å². The van der Waals surface area contributed by atoms with E-state index < -0.39 is 12.0 Å². The molecule has 0 aliphatic carbocycles. The SMILES string of the molecule is CCC(C)C(NC(=O)CCCn1c(C)csc1=O)C(=O)O. The molecule has 1 amide bonds. The molecule has 0 saturated carbocycles. The molecule has 0 radical (unpaired) electrons. The van der Waals surface area contributed by atoms with Gasteiger partial charge in [0.1, 0.15) is 6.04 Å². The van der Waals surface area contributed by atoms with E-state index in [4.69, 9.17) is 5.11 Å². The van der Waals surface area contributed by atoms with E-state index in [0.717, 1.165) is 17.0 Å². The van der Waals surface area contributed by atoms with Gasteiger partial charge in [-0.1, -0.05) is 31.6 Å². The molecule has 1 heterocycles. The first-order valence-corrected chi connectivity index (χ1v) is 7.91. The number of nitrogens with zero attached hydrogens (tertiary/aromatic N) is 1. The summed E-state index contributed by atoms with van der Waals surface area (Å²) in [4.78, 5) is 34.4. The Morgan fingerprint density at radius 2 is 2.14 bits per heavy atom. The number of carbonyl (C=O) groups is 2. The average molecular weight is 314 g/mol. The summed E-state index contributed by atoms with van der Waals surface area (Å²) < 4.78 is 1.63. The average Bonchev–Trinajstić information content (AvgIpc) is 2.75. The molecular weight excluding hydrogens is 292 g/mol. The highest BCUT2D eigenvalue weighted by Gasteiger charge is 2.24. The zero-order valence-electron chi connectivity index (χ0n) is 12.6. The quantitative estimate of drug-likeness (QED) is 0.763. The van der Waals surface area contributed by atoms with E-state index in [1.165, 1.54) is 0 Å². The summed E-state index contributed by atoms with van der Waals surface area (Å²) in [5.74, 6) is -1.42. The fourth-order valence-corrected chi connectivity index (χ4v) is 2.76. The van der Waals surface area contributed by atoms with Crippen LogP contribution in [-0.4, -0.2) is 27.6 Å². The highest BCUT2D eigenvalue weighted by molar-refractivity contribution is 7.07. The summed E-state index contributed by atoms with van der Waals surface area (Å²) >= 11 is 1.14. The Labute approximate surface area is 127 Å². The van der Waals surface area contributed by atoms with E-state index in [2.05, 4.69) is 5.32 Å². The number of carboxylic acid groups (broad SMARTS) is 1. The molecule has 0 aliphatic heterocycles. The van der Waals surface area contributed by atoms with Crippen LogP contribution in [-0.2, 0) is 16.1 Å². The smallest absolute Gasteiger partial charge is 0.326 e. The summed E-state index contributed by atoms with van der Waals surface area (Å²) in [6.45, 7) is 6.01. The van der Waals surface area contributed by atoms with Crippen molar-refractivity contribution in [3.63, 3.8) is 0 Å². The van der Waals surface area contributed by atoms with Crippen LogP contribution in [0.5, 0.6) is 0 Å². The maximum absolute atomic E-state index is 11.8. The first-order valence-electron chi connectivity index (χ1n) is 7.03.